The monoisotopic (exact) mass is 239 g/mol. The summed E-state index contributed by atoms with van der Waals surface area (Å²) in [5, 5.41) is 11.7. The molecular weight excluding hydrogens is 226 g/mol. The van der Waals surface area contributed by atoms with Gasteiger partial charge < -0.3 is 5.21 Å². The van der Waals surface area contributed by atoms with Crippen LogP contribution in [0.1, 0.15) is 22.1 Å². The van der Waals surface area contributed by atoms with Crippen molar-refractivity contribution in [3.8, 4) is 0 Å². The predicted octanol–water partition coefficient (Wildman–Crippen LogP) is 3.36. The maximum absolute atomic E-state index is 8.60. The number of benzene rings is 1. The zero-order chi connectivity index (χ0) is 10.5. The molecule has 0 radical (unpaired) electrons. The van der Waals surface area contributed by atoms with Crippen molar-refractivity contribution in [2.45, 2.75) is 11.0 Å². The summed E-state index contributed by atoms with van der Waals surface area (Å²) in [6, 6.07) is 8.12. The number of oxime groups is 1. The third kappa shape index (κ3) is 2.69. The average molecular weight is 239 g/mol. The summed E-state index contributed by atoms with van der Waals surface area (Å²) in [4.78, 5) is 0. The first kappa shape index (κ1) is 10.9. The first-order chi connectivity index (χ1) is 7.42. The van der Waals surface area contributed by atoms with E-state index in [-0.39, 0.29) is 0 Å². The molecule has 0 aliphatic carbocycles. The lowest BCUT2D eigenvalue weighted by Crippen LogP contribution is -2.03. The summed E-state index contributed by atoms with van der Waals surface area (Å²) < 4.78 is 0.493. The molecule has 1 saturated heterocycles. The van der Waals surface area contributed by atoms with Crippen molar-refractivity contribution in [3.63, 3.8) is 0 Å². The van der Waals surface area contributed by atoms with E-state index in [1.807, 2.05) is 41.7 Å². The predicted molar refractivity (Wildman–Crippen MR) is 68.1 cm³/mol. The number of hydrogen-bond acceptors (Lipinski definition) is 4. The smallest absolute Gasteiger partial charge is 0.0757 e. The van der Waals surface area contributed by atoms with E-state index in [0.29, 0.717) is 4.58 Å². The maximum atomic E-state index is 8.60. The van der Waals surface area contributed by atoms with Crippen molar-refractivity contribution in [1.82, 2.24) is 0 Å². The van der Waals surface area contributed by atoms with E-state index in [1.165, 1.54) is 29.7 Å². The first-order valence-electron chi connectivity index (χ1n) is 4.91. The van der Waals surface area contributed by atoms with Gasteiger partial charge in [-0.25, -0.2) is 0 Å². The third-order valence-corrected chi connectivity index (χ3v) is 5.25. The molecule has 0 aromatic heterocycles. The van der Waals surface area contributed by atoms with Crippen molar-refractivity contribution >= 4 is 29.7 Å². The van der Waals surface area contributed by atoms with Crippen molar-refractivity contribution in [2.75, 3.05) is 11.5 Å². The molecule has 1 N–H and O–H groups in total. The molecule has 0 spiro atoms. The van der Waals surface area contributed by atoms with Crippen molar-refractivity contribution in [3.05, 3.63) is 35.4 Å². The highest BCUT2D eigenvalue weighted by molar-refractivity contribution is 8.16. The second-order valence-corrected chi connectivity index (χ2v) is 6.02. The summed E-state index contributed by atoms with van der Waals surface area (Å²) in [6.45, 7) is 0. The second-order valence-electron chi connectivity index (χ2n) is 3.30. The Morgan fingerprint density at radius 3 is 2.73 bits per heavy atom. The summed E-state index contributed by atoms with van der Waals surface area (Å²) in [6.07, 6.45) is 2.81. The van der Waals surface area contributed by atoms with Crippen molar-refractivity contribution < 1.29 is 5.21 Å². The van der Waals surface area contributed by atoms with Crippen LogP contribution in [-0.2, 0) is 0 Å². The van der Waals surface area contributed by atoms with Gasteiger partial charge in [-0.1, -0.05) is 29.4 Å². The molecule has 1 aromatic carbocycles. The minimum atomic E-state index is 0.493. The van der Waals surface area contributed by atoms with Gasteiger partial charge in [0.2, 0.25) is 0 Å². The Labute approximate surface area is 98.1 Å². The van der Waals surface area contributed by atoms with Crippen LogP contribution in [0.5, 0.6) is 0 Å². The van der Waals surface area contributed by atoms with Crippen LogP contribution in [0.3, 0.4) is 0 Å². The Bertz CT molecular complexity index is 348. The Morgan fingerprint density at radius 2 is 2.00 bits per heavy atom. The Kier molecular flexibility index (Phi) is 3.97. The first-order valence-corrected chi connectivity index (χ1v) is 7.01. The minimum Gasteiger partial charge on any atom is -0.411 e. The van der Waals surface area contributed by atoms with Crippen LogP contribution < -0.4 is 0 Å². The zero-order valence-corrected chi connectivity index (χ0v) is 9.93. The highest BCUT2D eigenvalue weighted by atomic mass is 32.2. The minimum absolute atomic E-state index is 0.493. The average Bonchev–Trinajstić information content (AvgIpc) is 2.31. The topological polar surface area (TPSA) is 32.6 Å². The van der Waals surface area contributed by atoms with Gasteiger partial charge in [-0.15, -0.1) is 23.5 Å². The van der Waals surface area contributed by atoms with Gasteiger partial charge in [0, 0.05) is 5.56 Å². The van der Waals surface area contributed by atoms with Crippen LogP contribution in [0, 0.1) is 0 Å². The van der Waals surface area contributed by atoms with Crippen LogP contribution in [-0.4, -0.2) is 22.9 Å². The molecular formula is C11H13NOS2. The number of hydrogen-bond donors (Lipinski definition) is 1. The van der Waals surface area contributed by atoms with E-state index in [9.17, 15) is 0 Å². The van der Waals surface area contributed by atoms with E-state index in [0.717, 1.165) is 5.56 Å². The van der Waals surface area contributed by atoms with Crippen molar-refractivity contribution in [2.24, 2.45) is 5.16 Å². The zero-order valence-electron chi connectivity index (χ0n) is 8.30. The van der Waals surface area contributed by atoms with Gasteiger partial charge >= 0.3 is 0 Å². The van der Waals surface area contributed by atoms with E-state index in [1.54, 1.807) is 0 Å². The fourth-order valence-corrected chi connectivity index (χ4v) is 4.56. The molecule has 1 aliphatic rings. The van der Waals surface area contributed by atoms with Gasteiger partial charge in [0.25, 0.3) is 0 Å². The van der Waals surface area contributed by atoms with Crippen molar-refractivity contribution in [1.29, 1.82) is 0 Å². The highest BCUT2D eigenvalue weighted by Gasteiger charge is 2.18. The van der Waals surface area contributed by atoms with E-state index < -0.39 is 0 Å². The van der Waals surface area contributed by atoms with Gasteiger partial charge in [-0.3, -0.25) is 0 Å². The van der Waals surface area contributed by atoms with Gasteiger partial charge in [-0.2, -0.15) is 0 Å². The van der Waals surface area contributed by atoms with E-state index >= 15 is 0 Å². The van der Waals surface area contributed by atoms with E-state index in [2.05, 4.69) is 11.2 Å². The fourth-order valence-electron chi connectivity index (χ4n) is 1.57. The van der Waals surface area contributed by atoms with Crippen LogP contribution >= 0.6 is 23.5 Å². The molecule has 1 aromatic rings. The summed E-state index contributed by atoms with van der Waals surface area (Å²) >= 11 is 3.95. The van der Waals surface area contributed by atoms with Gasteiger partial charge in [0.1, 0.15) is 0 Å². The molecule has 15 heavy (non-hydrogen) atoms. The number of rotatable bonds is 2. The largest absolute Gasteiger partial charge is 0.411 e. The molecule has 0 bridgehead atoms. The lowest BCUT2D eigenvalue weighted by molar-refractivity contribution is 0.322. The molecule has 80 valence electrons. The second kappa shape index (κ2) is 5.47. The Balaban J connectivity index is 2.25. The molecule has 0 saturated carbocycles. The molecule has 1 heterocycles. The number of nitrogens with zero attached hydrogens (tertiary/aromatic N) is 1. The molecule has 0 atom stereocenters. The van der Waals surface area contributed by atoms with Crippen LogP contribution in [0.25, 0.3) is 0 Å². The molecule has 4 heteroatoms. The molecule has 1 fully saturated rings. The Morgan fingerprint density at radius 1 is 1.27 bits per heavy atom. The SMILES string of the molecule is ON=Cc1ccccc1C1SCCCS1. The van der Waals surface area contributed by atoms with Gasteiger partial charge in [0.05, 0.1) is 10.8 Å². The molecule has 1 aliphatic heterocycles. The normalized spacial score (nSPS) is 18.4. The third-order valence-electron chi connectivity index (χ3n) is 2.27. The molecule has 0 unspecified atom stereocenters. The van der Waals surface area contributed by atoms with Crippen LogP contribution in [0.2, 0.25) is 0 Å². The summed E-state index contributed by atoms with van der Waals surface area (Å²) in [5.41, 5.74) is 2.29. The van der Waals surface area contributed by atoms with Gasteiger partial charge in [-0.05, 0) is 23.5 Å². The highest BCUT2D eigenvalue weighted by Crippen LogP contribution is 2.44. The summed E-state index contributed by atoms with van der Waals surface area (Å²) in [5.74, 6) is 2.45. The number of thioether (sulfide) groups is 2. The molecule has 2 rings (SSSR count). The molecule has 2 nitrogen and oxygen atoms in total. The maximum Gasteiger partial charge on any atom is 0.0757 e. The molecule has 0 amide bonds. The van der Waals surface area contributed by atoms with Crippen LogP contribution in [0.4, 0.5) is 0 Å². The lowest BCUT2D eigenvalue weighted by Gasteiger charge is -2.22. The van der Waals surface area contributed by atoms with E-state index in [4.69, 9.17) is 5.21 Å². The summed E-state index contributed by atoms with van der Waals surface area (Å²) in [7, 11) is 0. The Hall–Kier alpha value is -0.610. The standard InChI is InChI=1S/C11H13NOS2/c13-12-8-9-4-1-2-5-10(9)11-14-6-3-7-15-11/h1-2,4-5,8,11,13H,3,6-7H2. The quantitative estimate of drug-likeness (QED) is 0.488. The lowest BCUT2D eigenvalue weighted by atomic mass is 10.1. The van der Waals surface area contributed by atoms with Gasteiger partial charge in [0.15, 0.2) is 0 Å². The van der Waals surface area contributed by atoms with Crippen LogP contribution in [0.15, 0.2) is 29.4 Å². The fraction of sp³-hybridized carbons (Fsp3) is 0.364.